The molecule has 0 saturated heterocycles. The Labute approximate surface area is 160 Å². The predicted molar refractivity (Wildman–Crippen MR) is 103 cm³/mol. The van der Waals surface area contributed by atoms with Gasteiger partial charge in [0, 0.05) is 29.4 Å². The number of pyridine rings is 1. The van der Waals surface area contributed by atoms with Gasteiger partial charge in [-0.3, -0.25) is 9.59 Å². The normalized spacial score (nSPS) is 12.9. The molecule has 2 aromatic heterocycles. The molecule has 8 heteroatoms. The number of rotatable bonds is 3. The molecule has 0 spiro atoms. The lowest BCUT2D eigenvalue weighted by Gasteiger charge is -2.29. The number of aromatic amines is 1. The average Bonchev–Trinajstić information content (AvgIpc) is 2.73. The Morgan fingerprint density at radius 1 is 1.25 bits per heavy atom. The van der Waals surface area contributed by atoms with Gasteiger partial charge in [-0.25, -0.2) is 9.97 Å². The third kappa shape index (κ3) is 3.10. The molecular formula is C20H16N6O2. The standard InChI is InChI=1S/C20H16N6O2/c21-10-14-2-1-8-23-19(14)26-9-7-15-16(11-26)24-18(25-20(15)28)13-5-3-12(4-6-13)17(22)27/h1-6,8H,7,9,11H2,(H2,22,27)(H,24,25,28). The highest BCUT2D eigenvalue weighted by Crippen LogP contribution is 2.24. The molecule has 0 atom stereocenters. The molecule has 0 unspecified atom stereocenters. The van der Waals surface area contributed by atoms with Crippen molar-refractivity contribution in [3.8, 4) is 17.5 Å². The number of hydrogen-bond donors (Lipinski definition) is 2. The first-order chi connectivity index (χ1) is 13.6. The summed E-state index contributed by atoms with van der Waals surface area (Å²) in [7, 11) is 0. The van der Waals surface area contributed by atoms with Crippen LogP contribution < -0.4 is 16.2 Å². The van der Waals surface area contributed by atoms with E-state index < -0.39 is 5.91 Å². The fraction of sp³-hybridized carbons (Fsp3) is 0.150. The van der Waals surface area contributed by atoms with Crippen LogP contribution in [0.15, 0.2) is 47.4 Å². The molecule has 4 rings (SSSR count). The Hall–Kier alpha value is -3.99. The second-order valence-corrected chi connectivity index (χ2v) is 6.44. The van der Waals surface area contributed by atoms with Gasteiger partial charge in [-0.05, 0) is 30.7 Å². The van der Waals surface area contributed by atoms with Gasteiger partial charge in [0.1, 0.15) is 17.7 Å². The number of H-pyrrole nitrogens is 1. The molecule has 0 aliphatic carbocycles. The SMILES string of the molecule is N#Cc1cccnc1N1CCc2c(nc(-c3ccc(C(N)=O)cc3)[nH]c2=O)C1. The molecule has 3 N–H and O–H groups in total. The molecule has 1 amide bonds. The van der Waals surface area contributed by atoms with Crippen molar-refractivity contribution in [3.63, 3.8) is 0 Å². The number of aromatic nitrogens is 3. The van der Waals surface area contributed by atoms with Crippen molar-refractivity contribution in [1.29, 1.82) is 5.26 Å². The fourth-order valence-corrected chi connectivity index (χ4v) is 3.29. The molecule has 3 aromatic rings. The molecule has 3 heterocycles. The van der Waals surface area contributed by atoms with Crippen molar-refractivity contribution < 1.29 is 4.79 Å². The molecular weight excluding hydrogens is 356 g/mol. The number of amides is 1. The second-order valence-electron chi connectivity index (χ2n) is 6.44. The highest BCUT2D eigenvalue weighted by Gasteiger charge is 2.23. The van der Waals surface area contributed by atoms with E-state index in [9.17, 15) is 14.9 Å². The highest BCUT2D eigenvalue weighted by atomic mass is 16.1. The van der Waals surface area contributed by atoms with Crippen LogP contribution >= 0.6 is 0 Å². The van der Waals surface area contributed by atoms with Gasteiger partial charge in [-0.2, -0.15) is 5.26 Å². The maximum Gasteiger partial charge on any atom is 0.254 e. The third-order valence-electron chi connectivity index (χ3n) is 4.72. The van der Waals surface area contributed by atoms with E-state index in [1.807, 2.05) is 4.90 Å². The van der Waals surface area contributed by atoms with Gasteiger partial charge in [-0.1, -0.05) is 12.1 Å². The zero-order chi connectivity index (χ0) is 19.7. The zero-order valence-corrected chi connectivity index (χ0v) is 14.8. The number of carbonyl (C=O) groups excluding carboxylic acids is 1. The maximum absolute atomic E-state index is 12.5. The monoisotopic (exact) mass is 372 g/mol. The third-order valence-corrected chi connectivity index (χ3v) is 4.72. The summed E-state index contributed by atoms with van der Waals surface area (Å²) in [5, 5.41) is 9.32. The predicted octanol–water partition coefficient (Wildman–Crippen LogP) is 1.37. The summed E-state index contributed by atoms with van der Waals surface area (Å²) in [6.07, 6.45) is 2.16. The van der Waals surface area contributed by atoms with Crippen molar-refractivity contribution in [3.05, 3.63) is 75.3 Å². The molecule has 1 aromatic carbocycles. The van der Waals surface area contributed by atoms with E-state index in [1.165, 1.54) is 0 Å². The smallest absolute Gasteiger partial charge is 0.254 e. The molecule has 0 bridgehead atoms. The summed E-state index contributed by atoms with van der Waals surface area (Å²) < 4.78 is 0. The van der Waals surface area contributed by atoms with Gasteiger partial charge in [0.2, 0.25) is 5.91 Å². The van der Waals surface area contributed by atoms with Crippen LogP contribution in [0.1, 0.15) is 27.2 Å². The van der Waals surface area contributed by atoms with Crippen LogP contribution in [-0.4, -0.2) is 27.4 Å². The molecule has 0 radical (unpaired) electrons. The van der Waals surface area contributed by atoms with Crippen molar-refractivity contribution in [1.82, 2.24) is 15.0 Å². The van der Waals surface area contributed by atoms with Gasteiger partial charge in [0.05, 0.1) is 17.8 Å². The van der Waals surface area contributed by atoms with E-state index in [1.54, 1.807) is 42.6 Å². The van der Waals surface area contributed by atoms with Gasteiger partial charge < -0.3 is 15.6 Å². The van der Waals surface area contributed by atoms with Crippen LogP contribution in [0.4, 0.5) is 5.82 Å². The molecule has 1 aliphatic heterocycles. The lowest BCUT2D eigenvalue weighted by atomic mass is 10.0. The topological polar surface area (TPSA) is 129 Å². The first kappa shape index (κ1) is 17.4. The highest BCUT2D eigenvalue weighted by molar-refractivity contribution is 5.93. The summed E-state index contributed by atoms with van der Waals surface area (Å²) in [5.41, 5.74) is 7.92. The average molecular weight is 372 g/mol. The largest absolute Gasteiger partial charge is 0.366 e. The van der Waals surface area contributed by atoms with E-state index >= 15 is 0 Å². The van der Waals surface area contributed by atoms with Crippen LogP contribution in [0, 0.1) is 11.3 Å². The van der Waals surface area contributed by atoms with E-state index in [0.29, 0.717) is 59.1 Å². The van der Waals surface area contributed by atoms with Gasteiger partial charge in [0.25, 0.3) is 5.56 Å². The van der Waals surface area contributed by atoms with Crippen LogP contribution in [0.2, 0.25) is 0 Å². The van der Waals surface area contributed by atoms with Crippen molar-refractivity contribution in [2.75, 3.05) is 11.4 Å². The number of nitrogens with one attached hydrogen (secondary N) is 1. The van der Waals surface area contributed by atoms with Crippen molar-refractivity contribution in [2.45, 2.75) is 13.0 Å². The van der Waals surface area contributed by atoms with Gasteiger partial charge in [-0.15, -0.1) is 0 Å². The first-order valence-electron chi connectivity index (χ1n) is 8.69. The number of nitrogens with zero attached hydrogens (tertiary/aromatic N) is 4. The summed E-state index contributed by atoms with van der Waals surface area (Å²) in [4.78, 5) is 37.5. The zero-order valence-electron chi connectivity index (χ0n) is 14.8. The fourth-order valence-electron chi connectivity index (χ4n) is 3.29. The number of fused-ring (bicyclic) bond motifs is 1. The number of carbonyl (C=O) groups is 1. The molecule has 1 aliphatic rings. The number of benzene rings is 1. The molecule has 138 valence electrons. The second kappa shape index (κ2) is 6.96. The molecule has 28 heavy (non-hydrogen) atoms. The lowest BCUT2D eigenvalue weighted by molar-refractivity contribution is 0.100. The van der Waals surface area contributed by atoms with Gasteiger partial charge >= 0.3 is 0 Å². The van der Waals surface area contributed by atoms with Crippen molar-refractivity contribution in [2.24, 2.45) is 5.73 Å². The van der Waals surface area contributed by atoms with E-state index in [2.05, 4.69) is 21.0 Å². The number of anilines is 1. The lowest BCUT2D eigenvalue weighted by Crippen LogP contribution is -2.36. The van der Waals surface area contributed by atoms with E-state index in [4.69, 9.17) is 5.73 Å². The minimum Gasteiger partial charge on any atom is -0.366 e. The summed E-state index contributed by atoms with van der Waals surface area (Å²) in [6.45, 7) is 0.966. The van der Waals surface area contributed by atoms with Crippen molar-refractivity contribution >= 4 is 11.7 Å². The quantitative estimate of drug-likeness (QED) is 0.714. The first-order valence-corrected chi connectivity index (χ1v) is 8.69. The minimum absolute atomic E-state index is 0.180. The number of hydrogen-bond acceptors (Lipinski definition) is 6. The number of nitrogens with two attached hydrogens (primary N) is 1. The minimum atomic E-state index is -0.516. The Morgan fingerprint density at radius 3 is 2.75 bits per heavy atom. The number of primary amides is 1. The van der Waals surface area contributed by atoms with E-state index in [0.717, 1.165) is 0 Å². The molecule has 0 fully saturated rings. The summed E-state index contributed by atoms with van der Waals surface area (Å²) >= 11 is 0. The Balaban J connectivity index is 1.71. The van der Waals surface area contributed by atoms with Crippen LogP contribution in [-0.2, 0) is 13.0 Å². The molecule has 0 saturated carbocycles. The Kier molecular flexibility index (Phi) is 4.33. The van der Waals surface area contributed by atoms with Gasteiger partial charge in [0.15, 0.2) is 0 Å². The molecule has 8 nitrogen and oxygen atoms in total. The van der Waals surface area contributed by atoms with Crippen LogP contribution in [0.5, 0.6) is 0 Å². The Bertz CT molecular complexity index is 1160. The summed E-state index contributed by atoms with van der Waals surface area (Å²) in [6, 6.07) is 12.2. The van der Waals surface area contributed by atoms with Crippen LogP contribution in [0.3, 0.4) is 0 Å². The van der Waals surface area contributed by atoms with Crippen LogP contribution in [0.25, 0.3) is 11.4 Å². The van der Waals surface area contributed by atoms with E-state index in [-0.39, 0.29) is 5.56 Å². The number of nitriles is 1. The maximum atomic E-state index is 12.5. The Morgan fingerprint density at radius 2 is 2.04 bits per heavy atom. The summed E-state index contributed by atoms with van der Waals surface area (Å²) in [5.74, 6) is 0.492.